The van der Waals surface area contributed by atoms with Gasteiger partial charge in [-0.1, -0.05) is 0 Å². The lowest BCUT2D eigenvalue weighted by Crippen LogP contribution is -2.65. The number of nitrogens with zero attached hydrogens (tertiary/aromatic N) is 3. The molecule has 0 bridgehead atoms. The van der Waals surface area contributed by atoms with Gasteiger partial charge in [0.15, 0.2) is 0 Å². The quantitative estimate of drug-likeness (QED) is 0.732. The van der Waals surface area contributed by atoms with Crippen molar-refractivity contribution >= 4 is 5.91 Å². The van der Waals surface area contributed by atoms with Gasteiger partial charge in [0.2, 0.25) is 5.91 Å². The average Bonchev–Trinajstić information content (AvgIpc) is 3.20. The Balaban J connectivity index is 1.67. The molecular formula is C13H17N3O4. The number of hydrogen-bond donors (Lipinski definition) is 1. The molecule has 1 N–H and O–H groups in total. The first-order valence-electron chi connectivity index (χ1n) is 6.67. The summed E-state index contributed by atoms with van der Waals surface area (Å²) < 4.78 is 2.17. The lowest BCUT2D eigenvalue weighted by Gasteiger charge is -2.47. The Labute approximate surface area is 115 Å². The predicted molar refractivity (Wildman–Crippen MR) is 70.2 cm³/mol. The van der Waals surface area contributed by atoms with Gasteiger partial charge in [0.25, 0.3) is 5.56 Å². The van der Waals surface area contributed by atoms with E-state index in [0.29, 0.717) is 19.0 Å². The molecule has 7 heteroatoms. The van der Waals surface area contributed by atoms with Crippen LogP contribution >= 0.6 is 0 Å². The highest BCUT2D eigenvalue weighted by atomic mass is 16.3. The second kappa shape index (κ2) is 4.31. The fourth-order valence-corrected chi connectivity index (χ4v) is 2.65. The molecule has 108 valence electrons. The van der Waals surface area contributed by atoms with Crippen molar-refractivity contribution in [2.24, 2.45) is 13.0 Å². The second-order valence-corrected chi connectivity index (χ2v) is 5.75. The Morgan fingerprint density at radius 1 is 1.40 bits per heavy atom. The summed E-state index contributed by atoms with van der Waals surface area (Å²) in [4.78, 5) is 36.7. The minimum absolute atomic E-state index is 0.103. The molecule has 0 aromatic carbocycles. The smallest absolute Gasteiger partial charge is 0.331 e. The molecule has 1 aliphatic carbocycles. The summed E-state index contributed by atoms with van der Waals surface area (Å²) in [6, 6.07) is 1.26. The summed E-state index contributed by atoms with van der Waals surface area (Å²) in [5.74, 6) is 0.114. The summed E-state index contributed by atoms with van der Waals surface area (Å²) in [5, 5.41) is 10.2. The van der Waals surface area contributed by atoms with Gasteiger partial charge in [0.05, 0.1) is 13.1 Å². The summed E-state index contributed by atoms with van der Waals surface area (Å²) in [7, 11) is 1.38. The Morgan fingerprint density at radius 2 is 2.05 bits per heavy atom. The minimum Gasteiger partial charge on any atom is -0.386 e. The number of rotatable bonds is 3. The lowest BCUT2D eigenvalue weighted by atomic mass is 9.89. The lowest BCUT2D eigenvalue weighted by molar-refractivity contribution is -0.159. The number of aliphatic hydroxyl groups is 1. The summed E-state index contributed by atoms with van der Waals surface area (Å²) >= 11 is 0. The first kappa shape index (κ1) is 13.1. The standard InChI is InChI=1S/C13H17N3O4/c1-14-10(17)4-5-15(12(14)19)6-11(18)16-7-13(20,8-16)9-2-3-9/h4-5,9,20H,2-3,6-8H2,1H3. The third-order valence-corrected chi connectivity index (χ3v) is 4.19. The average molecular weight is 279 g/mol. The van der Waals surface area contributed by atoms with E-state index >= 15 is 0 Å². The van der Waals surface area contributed by atoms with Gasteiger partial charge in [-0.05, 0) is 18.8 Å². The highest BCUT2D eigenvalue weighted by Gasteiger charge is 2.53. The van der Waals surface area contributed by atoms with E-state index in [1.165, 1.54) is 23.9 Å². The number of aromatic nitrogens is 2. The van der Waals surface area contributed by atoms with E-state index in [2.05, 4.69) is 0 Å². The first-order valence-corrected chi connectivity index (χ1v) is 6.67. The van der Waals surface area contributed by atoms with Crippen molar-refractivity contribution in [1.29, 1.82) is 0 Å². The molecule has 2 aliphatic rings. The predicted octanol–water partition coefficient (Wildman–Crippen LogP) is -1.47. The Morgan fingerprint density at radius 3 is 2.65 bits per heavy atom. The minimum atomic E-state index is -0.718. The SMILES string of the molecule is Cn1c(=O)ccn(CC(=O)N2CC(O)(C3CC3)C2)c1=O. The molecule has 2 heterocycles. The van der Waals surface area contributed by atoms with Crippen LogP contribution in [-0.4, -0.2) is 43.7 Å². The van der Waals surface area contributed by atoms with Gasteiger partial charge in [-0.25, -0.2) is 4.79 Å². The number of amides is 1. The number of hydrogen-bond acceptors (Lipinski definition) is 4. The van der Waals surface area contributed by atoms with Crippen molar-refractivity contribution in [3.05, 3.63) is 33.1 Å². The molecule has 1 saturated heterocycles. The maximum atomic E-state index is 12.0. The van der Waals surface area contributed by atoms with Crippen molar-refractivity contribution in [2.45, 2.75) is 25.0 Å². The molecule has 20 heavy (non-hydrogen) atoms. The van der Waals surface area contributed by atoms with Crippen molar-refractivity contribution in [1.82, 2.24) is 14.0 Å². The Bertz CT molecular complexity index is 665. The molecule has 7 nitrogen and oxygen atoms in total. The van der Waals surface area contributed by atoms with Crippen molar-refractivity contribution < 1.29 is 9.90 Å². The van der Waals surface area contributed by atoms with Crippen LogP contribution in [-0.2, 0) is 18.4 Å². The molecule has 2 fully saturated rings. The van der Waals surface area contributed by atoms with Crippen molar-refractivity contribution in [3.8, 4) is 0 Å². The first-order chi connectivity index (χ1) is 9.40. The monoisotopic (exact) mass is 279 g/mol. The van der Waals surface area contributed by atoms with Gasteiger partial charge >= 0.3 is 5.69 Å². The van der Waals surface area contributed by atoms with E-state index in [4.69, 9.17) is 0 Å². The molecule has 0 unspecified atom stereocenters. The molecule has 1 aromatic rings. The topological polar surface area (TPSA) is 84.5 Å². The molecule has 1 saturated carbocycles. The third-order valence-electron chi connectivity index (χ3n) is 4.19. The van der Waals surface area contributed by atoms with Crippen LogP contribution in [0.3, 0.4) is 0 Å². The maximum Gasteiger partial charge on any atom is 0.331 e. The fraction of sp³-hybridized carbons (Fsp3) is 0.615. The Kier molecular flexibility index (Phi) is 2.82. The molecule has 0 radical (unpaired) electrons. The molecule has 1 aromatic heterocycles. The molecule has 1 aliphatic heterocycles. The van der Waals surface area contributed by atoms with Gasteiger partial charge in [0, 0.05) is 19.3 Å². The molecular weight excluding hydrogens is 262 g/mol. The summed E-state index contributed by atoms with van der Waals surface area (Å²) in [6.45, 7) is 0.585. The third kappa shape index (κ3) is 2.07. The highest BCUT2D eigenvalue weighted by Crippen LogP contribution is 2.44. The van der Waals surface area contributed by atoms with Crippen LogP contribution in [0.5, 0.6) is 0 Å². The normalized spacial score (nSPS) is 20.6. The zero-order valence-electron chi connectivity index (χ0n) is 11.3. The van der Waals surface area contributed by atoms with Gasteiger partial charge in [-0.2, -0.15) is 0 Å². The Hall–Kier alpha value is -1.89. The van der Waals surface area contributed by atoms with Crippen LogP contribution in [0.15, 0.2) is 21.9 Å². The van der Waals surface area contributed by atoms with Gasteiger partial charge in [-0.3, -0.25) is 18.7 Å². The molecule has 0 spiro atoms. The van der Waals surface area contributed by atoms with E-state index in [1.54, 1.807) is 4.90 Å². The largest absolute Gasteiger partial charge is 0.386 e. The van der Waals surface area contributed by atoms with Gasteiger partial charge in [0.1, 0.15) is 12.1 Å². The number of carbonyl (C=O) groups excluding carboxylic acids is 1. The molecule has 0 atom stereocenters. The van der Waals surface area contributed by atoms with Gasteiger partial charge in [-0.15, -0.1) is 0 Å². The van der Waals surface area contributed by atoms with E-state index in [-0.39, 0.29) is 12.5 Å². The van der Waals surface area contributed by atoms with E-state index in [0.717, 1.165) is 17.4 Å². The summed E-state index contributed by atoms with van der Waals surface area (Å²) in [6.07, 6.45) is 3.38. The molecule has 3 rings (SSSR count). The van der Waals surface area contributed by atoms with Crippen LogP contribution in [0.2, 0.25) is 0 Å². The van der Waals surface area contributed by atoms with E-state index in [1.807, 2.05) is 0 Å². The zero-order valence-corrected chi connectivity index (χ0v) is 11.3. The number of carbonyl (C=O) groups is 1. The van der Waals surface area contributed by atoms with Crippen LogP contribution < -0.4 is 11.2 Å². The van der Waals surface area contributed by atoms with Crippen molar-refractivity contribution in [3.63, 3.8) is 0 Å². The zero-order chi connectivity index (χ0) is 14.5. The maximum absolute atomic E-state index is 12.0. The van der Waals surface area contributed by atoms with E-state index in [9.17, 15) is 19.5 Å². The number of β-amino-alcohol motifs (C(OH)–C–C–N with tert-alkyl or cyclic N) is 1. The second-order valence-electron chi connectivity index (χ2n) is 5.75. The van der Waals surface area contributed by atoms with Gasteiger partial charge < -0.3 is 10.0 Å². The van der Waals surface area contributed by atoms with Crippen LogP contribution in [0.4, 0.5) is 0 Å². The van der Waals surface area contributed by atoms with Crippen LogP contribution in [0, 0.1) is 5.92 Å². The number of likely N-dealkylation sites (tertiary alicyclic amines) is 1. The molecule has 1 amide bonds. The fourth-order valence-electron chi connectivity index (χ4n) is 2.65. The van der Waals surface area contributed by atoms with Crippen LogP contribution in [0.25, 0.3) is 0 Å². The van der Waals surface area contributed by atoms with Crippen LogP contribution in [0.1, 0.15) is 12.8 Å². The highest BCUT2D eigenvalue weighted by molar-refractivity contribution is 5.77. The summed E-state index contributed by atoms with van der Waals surface area (Å²) in [5.41, 5.74) is -1.63. The van der Waals surface area contributed by atoms with Crippen molar-refractivity contribution in [2.75, 3.05) is 13.1 Å². The van der Waals surface area contributed by atoms with E-state index < -0.39 is 16.9 Å².